The number of benzene rings is 1. The number of nitrogens with one attached hydrogen (secondary N) is 2. The van der Waals surface area contributed by atoms with Crippen LogP contribution in [0.2, 0.25) is 0 Å². The number of hydrogen-bond donors (Lipinski definition) is 3. The van der Waals surface area contributed by atoms with Gasteiger partial charge in [-0.15, -0.1) is 0 Å². The quantitative estimate of drug-likeness (QED) is 0.681. The average molecular weight is 358 g/mol. The molecule has 1 aromatic carbocycles. The van der Waals surface area contributed by atoms with Crippen LogP contribution in [0.5, 0.6) is 0 Å². The molecule has 21 heavy (non-hydrogen) atoms. The minimum Gasteiger partial charge on any atom is -0.395 e. The highest BCUT2D eigenvalue weighted by Crippen LogP contribution is 2.38. The summed E-state index contributed by atoms with van der Waals surface area (Å²) in [6, 6.07) is 3.55. The third-order valence-electron chi connectivity index (χ3n) is 3.51. The van der Waals surface area contributed by atoms with Crippen molar-refractivity contribution >= 4 is 33.2 Å². The highest BCUT2D eigenvalue weighted by molar-refractivity contribution is 9.10. The minimum atomic E-state index is -0.324. The molecule has 1 aliphatic heterocycles. The molecule has 0 fully saturated rings. The lowest BCUT2D eigenvalue weighted by atomic mass is 10.1. The number of likely N-dealkylation sites (N-methyl/N-ethyl adjacent to an activating group) is 1. The summed E-state index contributed by atoms with van der Waals surface area (Å²) in [6.45, 7) is 1.79. The van der Waals surface area contributed by atoms with Gasteiger partial charge in [-0.1, -0.05) is 0 Å². The van der Waals surface area contributed by atoms with Gasteiger partial charge in [0.2, 0.25) is 5.91 Å². The SMILES string of the molecule is CNC1C(=O)Nc2cc(N(CCO)CCOC)c(Br)cc21. The fourth-order valence-corrected chi connectivity index (χ4v) is 3.09. The van der Waals surface area contributed by atoms with Crippen molar-refractivity contribution in [3.63, 3.8) is 0 Å². The first-order chi connectivity index (χ1) is 10.1. The van der Waals surface area contributed by atoms with Crippen LogP contribution in [0, 0.1) is 0 Å². The standard InChI is InChI=1S/C14H20BrN3O3/c1-16-13-9-7-10(15)12(8-11(9)17-14(13)20)18(3-5-19)4-6-21-2/h7-8,13,16,19H,3-6H2,1-2H3,(H,17,20). The van der Waals surface area contributed by atoms with Crippen molar-refractivity contribution in [3.8, 4) is 0 Å². The molecule has 2 rings (SSSR count). The lowest BCUT2D eigenvalue weighted by Crippen LogP contribution is -2.30. The molecule has 0 bridgehead atoms. The van der Waals surface area contributed by atoms with Crippen LogP contribution in [0.25, 0.3) is 0 Å². The Hall–Kier alpha value is -1.15. The minimum absolute atomic E-state index is 0.0536. The molecular weight excluding hydrogens is 338 g/mol. The number of fused-ring (bicyclic) bond motifs is 1. The second kappa shape index (κ2) is 7.22. The number of halogens is 1. The highest BCUT2D eigenvalue weighted by Gasteiger charge is 2.30. The van der Waals surface area contributed by atoms with Crippen LogP contribution in [-0.4, -0.2) is 51.5 Å². The fourth-order valence-electron chi connectivity index (χ4n) is 2.47. The van der Waals surface area contributed by atoms with E-state index in [0.717, 1.165) is 21.4 Å². The summed E-state index contributed by atoms with van der Waals surface area (Å²) in [5.41, 5.74) is 2.66. The number of amides is 1. The van der Waals surface area contributed by atoms with E-state index in [2.05, 4.69) is 26.6 Å². The topological polar surface area (TPSA) is 73.8 Å². The predicted molar refractivity (Wildman–Crippen MR) is 85.7 cm³/mol. The number of ether oxygens (including phenoxy) is 1. The van der Waals surface area contributed by atoms with Gasteiger partial charge in [0.15, 0.2) is 0 Å². The Balaban J connectivity index is 2.33. The van der Waals surface area contributed by atoms with Crippen molar-refractivity contribution in [1.29, 1.82) is 0 Å². The van der Waals surface area contributed by atoms with Crippen LogP contribution in [0.3, 0.4) is 0 Å². The third kappa shape index (κ3) is 3.37. The van der Waals surface area contributed by atoms with E-state index in [4.69, 9.17) is 4.74 Å². The maximum absolute atomic E-state index is 11.9. The average Bonchev–Trinajstić information content (AvgIpc) is 2.77. The van der Waals surface area contributed by atoms with Crippen LogP contribution >= 0.6 is 15.9 Å². The molecule has 7 heteroatoms. The number of anilines is 2. The number of hydrogen-bond acceptors (Lipinski definition) is 5. The fraction of sp³-hybridized carbons (Fsp3) is 0.500. The van der Waals surface area contributed by atoms with Crippen molar-refractivity contribution in [3.05, 3.63) is 22.2 Å². The Bertz CT molecular complexity index is 524. The van der Waals surface area contributed by atoms with Gasteiger partial charge in [0.05, 0.1) is 18.9 Å². The molecule has 0 aromatic heterocycles. The van der Waals surface area contributed by atoms with Gasteiger partial charge in [0.1, 0.15) is 6.04 Å². The predicted octanol–water partition coefficient (Wildman–Crippen LogP) is 1.11. The van der Waals surface area contributed by atoms with Gasteiger partial charge in [0, 0.05) is 35.9 Å². The maximum atomic E-state index is 11.9. The monoisotopic (exact) mass is 357 g/mol. The molecule has 1 heterocycles. The first kappa shape index (κ1) is 16.2. The molecule has 6 nitrogen and oxygen atoms in total. The normalized spacial score (nSPS) is 16.8. The first-order valence-corrected chi connectivity index (χ1v) is 7.58. The maximum Gasteiger partial charge on any atom is 0.246 e. The van der Waals surface area contributed by atoms with Crippen molar-refractivity contribution in [1.82, 2.24) is 5.32 Å². The van der Waals surface area contributed by atoms with E-state index in [1.165, 1.54) is 0 Å². The van der Waals surface area contributed by atoms with Crippen molar-refractivity contribution in [2.75, 3.05) is 50.7 Å². The van der Waals surface area contributed by atoms with E-state index in [1.54, 1.807) is 14.2 Å². The van der Waals surface area contributed by atoms with Gasteiger partial charge in [-0.05, 0) is 35.1 Å². The molecule has 3 N–H and O–H groups in total. The number of rotatable bonds is 7. The zero-order valence-electron chi connectivity index (χ0n) is 12.1. The summed E-state index contributed by atoms with van der Waals surface area (Å²) < 4.78 is 6.00. The van der Waals surface area contributed by atoms with Gasteiger partial charge in [-0.2, -0.15) is 0 Å². The second-order valence-corrected chi connectivity index (χ2v) is 5.66. The molecule has 1 amide bonds. The Labute approximate surface area is 132 Å². The molecule has 1 aromatic rings. The molecule has 0 aliphatic carbocycles. The Morgan fingerprint density at radius 1 is 1.48 bits per heavy atom. The first-order valence-electron chi connectivity index (χ1n) is 6.78. The van der Waals surface area contributed by atoms with E-state index >= 15 is 0 Å². The molecule has 0 spiro atoms. The summed E-state index contributed by atoms with van der Waals surface area (Å²) >= 11 is 3.56. The van der Waals surface area contributed by atoms with Crippen molar-refractivity contribution in [2.24, 2.45) is 0 Å². The second-order valence-electron chi connectivity index (χ2n) is 4.81. The summed E-state index contributed by atoms with van der Waals surface area (Å²) in [7, 11) is 3.41. The summed E-state index contributed by atoms with van der Waals surface area (Å²) in [5, 5.41) is 15.1. The van der Waals surface area contributed by atoms with Gasteiger partial charge >= 0.3 is 0 Å². The van der Waals surface area contributed by atoms with Gasteiger partial charge in [0.25, 0.3) is 0 Å². The molecule has 1 atom stereocenters. The number of aliphatic hydroxyl groups excluding tert-OH is 1. The van der Waals surface area contributed by atoms with E-state index in [0.29, 0.717) is 19.7 Å². The van der Waals surface area contributed by atoms with Gasteiger partial charge in [-0.25, -0.2) is 0 Å². The number of carbonyl (C=O) groups excluding carboxylic acids is 1. The van der Waals surface area contributed by atoms with Crippen LogP contribution in [0.4, 0.5) is 11.4 Å². The lowest BCUT2D eigenvalue weighted by Gasteiger charge is -2.25. The number of methoxy groups -OCH3 is 1. The Morgan fingerprint density at radius 3 is 2.86 bits per heavy atom. The zero-order chi connectivity index (χ0) is 15.4. The van der Waals surface area contributed by atoms with E-state index < -0.39 is 0 Å². The molecule has 0 saturated heterocycles. The van der Waals surface area contributed by atoms with E-state index in [1.807, 2.05) is 17.0 Å². The third-order valence-corrected chi connectivity index (χ3v) is 4.15. The summed E-state index contributed by atoms with van der Waals surface area (Å²) in [4.78, 5) is 13.9. The van der Waals surface area contributed by atoms with Gasteiger partial charge < -0.3 is 25.4 Å². The summed E-state index contributed by atoms with van der Waals surface area (Å²) in [6.07, 6.45) is 0. The molecule has 0 saturated carbocycles. The highest BCUT2D eigenvalue weighted by atomic mass is 79.9. The van der Waals surface area contributed by atoms with Crippen LogP contribution in [0.1, 0.15) is 11.6 Å². The lowest BCUT2D eigenvalue weighted by molar-refractivity contribution is -0.117. The van der Waals surface area contributed by atoms with Crippen LogP contribution < -0.4 is 15.5 Å². The van der Waals surface area contributed by atoms with Crippen molar-refractivity contribution in [2.45, 2.75) is 6.04 Å². The number of nitrogens with zero attached hydrogens (tertiary/aromatic N) is 1. The molecule has 0 radical (unpaired) electrons. The summed E-state index contributed by atoms with van der Waals surface area (Å²) in [5.74, 6) is -0.0536. The van der Waals surface area contributed by atoms with Crippen LogP contribution in [-0.2, 0) is 9.53 Å². The Kier molecular flexibility index (Phi) is 5.58. The van der Waals surface area contributed by atoms with Crippen LogP contribution in [0.15, 0.2) is 16.6 Å². The molecule has 1 unspecified atom stereocenters. The Morgan fingerprint density at radius 2 is 2.24 bits per heavy atom. The smallest absolute Gasteiger partial charge is 0.246 e. The molecular formula is C14H20BrN3O3. The van der Waals surface area contributed by atoms with Gasteiger partial charge in [-0.3, -0.25) is 4.79 Å². The van der Waals surface area contributed by atoms with E-state index in [9.17, 15) is 9.90 Å². The van der Waals surface area contributed by atoms with Crippen molar-refractivity contribution < 1.29 is 14.6 Å². The largest absolute Gasteiger partial charge is 0.395 e. The zero-order valence-corrected chi connectivity index (χ0v) is 13.7. The molecule has 116 valence electrons. The number of aliphatic hydroxyl groups is 1. The number of carbonyl (C=O) groups is 1. The molecule has 1 aliphatic rings. The van der Waals surface area contributed by atoms with E-state index in [-0.39, 0.29) is 18.6 Å².